The van der Waals surface area contributed by atoms with E-state index in [0.29, 0.717) is 0 Å². The van der Waals surface area contributed by atoms with Crippen LogP contribution < -0.4 is 0 Å². The van der Waals surface area contributed by atoms with Crippen molar-refractivity contribution >= 4 is 21.7 Å². The van der Waals surface area contributed by atoms with Crippen molar-refractivity contribution in [3.05, 3.63) is 56.9 Å². The molecule has 2 aromatic rings. The van der Waals surface area contributed by atoms with Gasteiger partial charge in [-0.25, -0.2) is 0 Å². The highest BCUT2D eigenvalue weighted by Crippen LogP contribution is 2.19. The van der Waals surface area contributed by atoms with Crippen LogP contribution in [-0.4, -0.2) is 19.6 Å². The Bertz CT molecular complexity index is 553. The SMILES string of the molecule is O=[N+]([O-])c1cn(CC(O)c2ccc(Br)cc2)cn1. The zero-order chi connectivity index (χ0) is 13.1. The molecule has 0 spiro atoms. The van der Waals surface area contributed by atoms with E-state index in [0.717, 1.165) is 10.0 Å². The average Bonchev–Trinajstić information content (AvgIpc) is 2.78. The fourth-order valence-electron chi connectivity index (χ4n) is 1.53. The van der Waals surface area contributed by atoms with Gasteiger partial charge in [0, 0.05) is 4.47 Å². The molecular weight excluding hydrogens is 302 g/mol. The minimum Gasteiger partial charge on any atom is -0.387 e. The summed E-state index contributed by atoms with van der Waals surface area (Å²) >= 11 is 3.31. The van der Waals surface area contributed by atoms with Crippen LogP contribution in [-0.2, 0) is 6.54 Å². The summed E-state index contributed by atoms with van der Waals surface area (Å²) in [4.78, 5) is 13.5. The standard InChI is InChI=1S/C11H10BrN3O3/c12-9-3-1-8(2-4-9)10(16)5-14-6-11(13-7-14)15(17)18/h1-4,6-7,10,16H,5H2. The Balaban J connectivity index is 2.08. The van der Waals surface area contributed by atoms with E-state index in [1.54, 1.807) is 12.1 Å². The third-order valence-corrected chi connectivity index (χ3v) is 2.97. The highest BCUT2D eigenvalue weighted by Gasteiger charge is 2.13. The van der Waals surface area contributed by atoms with Crippen molar-refractivity contribution in [3.63, 3.8) is 0 Å². The van der Waals surface area contributed by atoms with E-state index in [2.05, 4.69) is 20.9 Å². The quantitative estimate of drug-likeness (QED) is 0.694. The molecule has 6 nitrogen and oxygen atoms in total. The van der Waals surface area contributed by atoms with Gasteiger partial charge in [-0.3, -0.25) is 0 Å². The predicted molar refractivity (Wildman–Crippen MR) is 68.0 cm³/mol. The van der Waals surface area contributed by atoms with Gasteiger partial charge in [0.05, 0.1) is 12.6 Å². The molecule has 2 rings (SSSR count). The van der Waals surface area contributed by atoms with Crippen molar-refractivity contribution in [1.29, 1.82) is 0 Å². The minimum absolute atomic E-state index is 0.224. The van der Waals surface area contributed by atoms with Gasteiger partial charge in [-0.2, -0.15) is 0 Å². The molecule has 0 aliphatic heterocycles. The maximum atomic E-state index is 10.5. The molecule has 18 heavy (non-hydrogen) atoms. The molecule has 1 heterocycles. The Kier molecular flexibility index (Phi) is 3.73. The number of nitrogens with zero attached hydrogens (tertiary/aromatic N) is 3. The fraction of sp³-hybridized carbons (Fsp3) is 0.182. The number of nitro groups is 1. The van der Waals surface area contributed by atoms with E-state index in [4.69, 9.17) is 0 Å². The summed E-state index contributed by atoms with van der Waals surface area (Å²) in [5, 5.41) is 20.4. The summed E-state index contributed by atoms with van der Waals surface area (Å²) in [5.74, 6) is -0.224. The summed E-state index contributed by atoms with van der Waals surface area (Å²) in [6, 6.07) is 7.24. The maximum Gasteiger partial charge on any atom is 0.381 e. The molecule has 0 aliphatic carbocycles. The first-order valence-corrected chi connectivity index (χ1v) is 5.95. The molecule has 7 heteroatoms. The first-order chi connectivity index (χ1) is 8.56. The number of halogens is 1. The molecule has 1 N–H and O–H groups in total. The molecule has 0 saturated carbocycles. The summed E-state index contributed by atoms with van der Waals surface area (Å²) in [6.07, 6.45) is 1.90. The third-order valence-electron chi connectivity index (χ3n) is 2.45. The van der Waals surface area contributed by atoms with Crippen LogP contribution in [0.1, 0.15) is 11.7 Å². The Morgan fingerprint density at radius 3 is 2.67 bits per heavy atom. The monoisotopic (exact) mass is 311 g/mol. The van der Waals surface area contributed by atoms with Crippen LogP contribution in [0.2, 0.25) is 0 Å². The highest BCUT2D eigenvalue weighted by molar-refractivity contribution is 9.10. The molecule has 1 atom stereocenters. The summed E-state index contributed by atoms with van der Waals surface area (Å²) in [5.41, 5.74) is 0.745. The van der Waals surface area contributed by atoms with E-state index in [-0.39, 0.29) is 12.4 Å². The molecule has 0 saturated heterocycles. The number of hydrogen-bond acceptors (Lipinski definition) is 4. The molecule has 94 valence electrons. The van der Waals surface area contributed by atoms with E-state index in [1.165, 1.54) is 17.1 Å². The second-order valence-electron chi connectivity index (χ2n) is 3.75. The van der Waals surface area contributed by atoms with Crippen LogP contribution in [0, 0.1) is 10.1 Å². The molecule has 0 fully saturated rings. The topological polar surface area (TPSA) is 81.2 Å². The van der Waals surface area contributed by atoms with Crippen molar-refractivity contribution < 1.29 is 10.0 Å². The van der Waals surface area contributed by atoms with Gasteiger partial charge in [0.15, 0.2) is 0 Å². The molecule has 0 radical (unpaired) electrons. The van der Waals surface area contributed by atoms with Crippen molar-refractivity contribution in [2.24, 2.45) is 0 Å². The zero-order valence-corrected chi connectivity index (χ0v) is 10.8. The molecular formula is C11H10BrN3O3. The van der Waals surface area contributed by atoms with Crippen molar-refractivity contribution in [1.82, 2.24) is 9.55 Å². The number of hydrogen-bond donors (Lipinski definition) is 1. The van der Waals surface area contributed by atoms with Crippen molar-refractivity contribution in [3.8, 4) is 0 Å². The average molecular weight is 312 g/mol. The van der Waals surface area contributed by atoms with Crippen molar-refractivity contribution in [2.75, 3.05) is 0 Å². The van der Waals surface area contributed by atoms with Gasteiger partial charge in [-0.05, 0) is 27.6 Å². The van der Waals surface area contributed by atoms with Crippen LogP contribution in [0.15, 0.2) is 41.3 Å². The van der Waals surface area contributed by atoms with Gasteiger partial charge < -0.3 is 19.8 Å². The zero-order valence-electron chi connectivity index (χ0n) is 9.23. The smallest absolute Gasteiger partial charge is 0.381 e. The number of aliphatic hydroxyl groups excluding tert-OH is 1. The highest BCUT2D eigenvalue weighted by atomic mass is 79.9. The largest absolute Gasteiger partial charge is 0.387 e. The predicted octanol–water partition coefficient (Wildman–Crippen LogP) is 2.29. The number of aromatic nitrogens is 2. The van der Waals surface area contributed by atoms with Crippen LogP contribution in [0.3, 0.4) is 0 Å². The van der Waals surface area contributed by atoms with Gasteiger partial charge in [0.25, 0.3) is 0 Å². The molecule has 1 unspecified atom stereocenters. The first-order valence-electron chi connectivity index (χ1n) is 5.16. The van der Waals surface area contributed by atoms with Crippen LogP contribution in [0.4, 0.5) is 5.82 Å². The number of rotatable bonds is 4. The van der Waals surface area contributed by atoms with Crippen LogP contribution in [0.25, 0.3) is 0 Å². The molecule has 0 amide bonds. The van der Waals surface area contributed by atoms with Gasteiger partial charge >= 0.3 is 5.82 Å². The van der Waals surface area contributed by atoms with Crippen molar-refractivity contribution in [2.45, 2.75) is 12.6 Å². The Hall–Kier alpha value is -1.73. The second kappa shape index (κ2) is 5.28. The number of benzene rings is 1. The molecule has 1 aromatic carbocycles. The lowest BCUT2D eigenvalue weighted by molar-refractivity contribution is -0.389. The van der Waals surface area contributed by atoms with E-state index >= 15 is 0 Å². The van der Waals surface area contributed by atoms with Gasteiger partial charge in [-0.15, -0.1) is 0 Å². The number of imidazole rings is 1. The van der Waals surface area contributed by atoms with E-state index in [9.17, 15) is 15.2 Å². The van der Waals surface area contributed by atoms with Crippen LogP contribution >= 0.6 is 15.9 Å². The van der Waals surface area contributed by atoms with Gasteiger partial charge in [0.1, 0.15) is 6.20 Å². The van der Waals surface area contributed by atoms with E-state index in [1.807, 2.05) is 12.1 Å². The second-order valence-corrected chi connectivity index (χ2v) is 4.67. The maximum absolute atomic E-state index is 10.5. The van der Waals surface area contributed by atoms with E-state index < -0.39 is 11.0 Å². The Morgan fingerprint density at radius 2 is 2.11 bits per heavy atom. The molecule has 0 aliphatic rings. The lowest BCUT2D eigenvalue weighted by Gasteiger charge is -2.10. The first kappa shape index (κ1) is 12.7. The summed E-state index contributed by atoms with van der Waals surface area (Å²) in [6.45, 7) is 0.225. The molecule has 1 aromatic heterocycles. The fourth-order valence-corrected chi connectivity index (χ4v) is 1.80. The Morgan fingerprint density at radius 1 is 1.44 bits per heavy atom. The summed E-state index contributed by atoms with van der Waals surface area (Å²) in [7, 11) is 0. The van der Waals surface area contributed by atoms with Gasteiger partial charge in [-0.1, -0.05) is 28.1 Å². The third kappa shape index (κ3) is 2.93. The summed E-state index contributed by atoms with van der Waals surface area (Å²) < 4.78 is 2.42. The number of aliphatic hydroxyl groups is 1. The lowest BCUT2D eigenvalue weighted by Crippen LogP contribution is -2.06. The van der Waals surface area contributed by atoms with Gasteiger partial charge in [0.2, 0.25) is 6.33 Å². The molecule has 0 bridgehead atoms. The minimum atomic E-state index is -0.730. The lowest BCUT2D eigenvalue weighted by atomic mass is 10.1. The normalized spacial score (nSPS) is 12.3. The van der Waals surface area contributed by atoms with Crippen LogP contribution in [0.5, 0.6) is 0 Å². The Labute approximate surface area is 111 Å².